The van der Waals surface area contributed by atoms with Crippen LogP contribution in [0.25, 0.3) is 0 Å². The third-order valence-corrected chi connectivity index (χ3v) is 3.00. The molecule has 0 aliphatic rings. The highest BCUT2D eigenvalue weighted by Gasteiger charge is 2.15. The van der Waals surface area contributed by atoms with Crippen LogP contribution in [-0.4, -0.2) is 22.7 Å². The lowest BCUT2D eigenvalue weighted by Crippen LogP contribution is -2.30. The predicted octanol–water partition coefficient (Wildman–Crippen LogP) is 1.59. The Morgan fingerprint density at radius 2 is 2.06 bits per heavy atom. The summed E-state index contributed by atoms with van der Waals surface area (Å²) in [6.45, 7) is 8.68. The zero-order valence-corrected chi connectivity index (χ0v) is 11.1. The summed E-state index contributed by atoms with van der Waals surface area (Å²) < 4.78 is 0. The summed E-state index contributed by atoms with van der Waals surface area (Å²) in [5, 5.41) is 12.6. The highest BCUT2D eigenvalue weighted by molar-refractivity contribution is 5.50. The molecule has 0 saturated heterocycles. The summed E-state index contributed by atoms with van der Waals surface area (Å²) >= 11 is 0. The van der Waals surface area contributed by atoms with E-state index in [1.165, 1.54) is 0 Å². The number of hydrogen-bond acceptors (Lipinski definition) is 4. The Labute approximate surface area is 103 Å². The number of anilines is 1. The Balaban J connectivity index is 3.04. The number of pyridine rings is 1. The Morgan fingerprint density at radius 3 is 2.53 bits per heavy atom. The molecule has 0 saturated carbocycles. The van der Waals surface area contributed by atoms with Crippen molar-refractivity contribution in [1.82, 2.24) is 4.98 Å². The maximum atomic E-state index is 9.34. The van der Waals surface area contributed by atoms with Crippen LogP contribution in [0.1, 0.15) is 30.7 Å². The van der Waals surface area contributed by atoms with Crippen LogP contribution in [0.3, 0.4) is 0 Å². The Bertz CT molecular complexity index is 377. The molecule has 0 aromatic carbocycles. The number of aliphatic hydroxyl groups excluding tert-OH is 1. The van der Waals surface area contributed by atoms with Gasteiger partial charge >= 0.3 is 0 Å². The third kappa shape index (κ3) is 3.41. The lowest BCUT2D eigenvalue weighted by atomic mass is 10.0. The first-order valence-corrected chi connectivity index (χ1v) is 6.04. The van der Waals surface area contributed by atoms with Gasteiger partial charge in [-0.15, -0.1) is 0 Å². The van der Waals surface area contributed by atoms with E-state index in [9.17, 15) is 5.11 Å². The van der Waals surface area contributed by atoms with E-state index in [1.54, 1.807) is 0 Å². The lowest BCUT2D eigenvalue weighted by molar-refractivity contribution is 0.249. The van der Waals surface area contributed by atoms with Gasteiger partial charge in [0.15, 0.2) is 0 Å². The van der Waals surface area contributed by atoms with Gasteiger partial charge in [-0.05, 0) is 31.4 Å². The van der Waals surface area contributed by atoms with Crippen molar-refractivity contribution in [3.8, 4) is 0 Å². The molecule has 4 N–H and O–H groups in total. The summed E-state index contributed by atoms with van der Waals surface area (Å²) in [4.78, 5) is 4.47. The molecule has 0 aliphatic heterocycles. The molecule has 1 atom stereocenters. The van der Waals surface area contributed by atoms with Crippen molar-refractivity contribution >= 4 is 5.82 Å². The van der Waals surface area contributed by atoms with Crippen molar-refractivity contribution in [1.29, 1.82) is 0 Å². The Hall–Kier alpha value is -1.13. The normalized spacial score (nSPS) is 12.9. The van der Waals surface area contributed by atoms with E-state index >= 15 is 0 Å². The maximum absolute atomic E-state index is 9.34. The number of rotatable bonds is 5. The molecule has 1 rings (SSSR count). The predicted molar refractivity (Wildman–Crippen MR) is 70.9 cm³/mol. The number of hydrogen-bond donors (Lipinski definition) is 3. The molecule has 96 valence electrons. The van der Waals surface area contributed by atoms with Gasteiger partial charge in [0.05, 0.1) is 12.6 Å². The molecule has 1 unspecified atom stereocenters. The molecule has 4 heteroatoms. The molecule has 17 heavy (non-hydrogen) atoms. The zero-order chi connectivity index (χ0) is 13.0. The van der Waals surface area contributed by atoms with E-state index in [4.69, 9.17) is 5.73 Å². The van der Waals surface area contributed by atoms with Gasteiger partial charge in [-0.25, -0.2) is 4.98 Å². The number of nitrogens with two attached hydrogens (primary N) is 1. The summed E-state index contributed by atoms with van der Waals surface area (Å²) in [6.07, 6.45) is 0. The molecule has 0 bridgehead atoms. The Morgan fingerprint density at radius 1 is 1.41 bits per heavy atom. The number of nitrogens with one attached hydrogen (secondary N) is 1. The molecule has 0 spiro atoms. The van der Waals surface area contributed by atoms with Gasteiger partial charge in [0.2, 0.25) is 0 Å². The third-order valence-electron chi connectivity index (χ3n) is 3.00. The largest absolute Gasteiger partial charge is 0.394 e. The second-order valence-electron chi connectivity index (χ2n) is 4.79. The van der Waals surface area contributed by atoms with Crippen LogP contribution in [0.5, 0.6) is 0 Å². The second-order valence-corrected chi connectivity index (χ2v) is 4.79. The minimum atomic E-state index is 0.00833. The van der Waals surface area contributed by atoms with Gasteiger partial charge in [-0.1, -0.05) is 13.8 Å². The minimum Gasteiger partial charge on any atom is -0.394 e. The van der Waals surface area contributed by atoms with E-state index in [1.807, 2.05) is 19.9 Å². The van der Waals surface area contributed by atoms with Gasteiger partial charge in [0.25, 0.3) is 0 Å². The lowest BCUT2D eigenvalue weighted by Gasteiger charge is -2.23. The van der Waals surface area contributed by atoms with Crippen LogP contribution < -0.4 is 11.1 Å². The molecule has 0 aliphatic carbocycles. The first-order chi connectivity index (χ1) is 7.99. The van der Waals surface area contributed by atoms with Crippen LogP contribution in [0.4, 0.5) is 5.82 Å². The molecule has 0 amide bonds. The van der Waals surface area contributed by atoms with Crippen molar-refractivity contribution in [2.45, 2.75) is 40.3 Å². The molecule has 1 heterocycles. The number of aryl methyl sites for hydroxylation is 2. The summed E-state index contributed by atoms with van der Waals surface area (Å²) in [5.41, 5.74) is 8.88. The fraction of sp³-hybridized carbons (Fsp3) is 0.615. The first kappa shape index (κ1) is 13.9. The van der Waals surface area contributed by atoms with Crippen LogP contribution in [-0.2, 0) is 6.54 Å². The smallest absolute Gasteiger partial charge is 0.131 e. The molecule has 0 radical (unpaired) electrons. The van der Waals surface area contributed by atoms with E-state index in [0.717, 1.165) is 22.6 Å². The second kappa shape index (κ2) is 5.98. The van der Waals surface area contributed by atoms with Crippen molar-refractivity contribution in [2.75, 3.05) is 11.9 Å². The molecule has 1 aromatic heterocycles. The van der Waals surface area contributed by atoms with Gasteiger partial charge in [-0.3, -0.25) is 0 Å². The van der Waals surface area contributed by atoms with Gasteiger partial charge in [0.1, 0.15) is 5.82 Å². The van der Waals surface area contributed by atoms with E-state index < -0.39 is 0 Å². The van der Waals surface area contributed by atoms with Crippen LogP contribution in [0.2, 0.25) is 0 Å². The highest BCUT2D eigenvalue weighted by Crippen LogP contribution is 2.20. The fourth-order valence-corrected chi connectivity index (χ4v) is 1.84. The summed E-state index contributed by atoms with van der Waals surface area (Å²) in [7, 11) is 0. The Kier molecular flexibility index (Phi) is 4.90. The molecular formula is C13H23N3O. The average Bonchev–Trinajstić information content (AvgIpc) is 2.24. The number of nitrogens with zero attached hydrogens (tertiary/aromatic N) is 1. The van der Waals surface area contributed by atoms with E-state index in [0.29, 0.717) is 12.5 Å². The number of aliphatic hydroxyl groups is 1. The monoisotopic (exact) mass is 237 g/mol. The van der Waals surface area contributed by atoms with Crippen molar-refractivity contribution in [3.63, 3.8) is 0 Å². The highest BCUT2D eigenvalue weighted by atomic mass is 16.3. The molecular weight excluding hydrogens is 214 g/mol. The topological polar surface area (TPSA) is 71.2 Å². The van der Waals surface area contributed by atoms with E-state index in [2.05, 4.69) is 24.1 Å². The standard InChI is InChI=1S/C13H23N3O/c1-8(2)12(7-17)16-13-11(6-14)9(3)5-10(4)15-13/h5,8,12,17H,6-7,14H2,1-4H3,(H,15,16). The average molecular weight is 237 g/mol. The molecule has 1 aromatic rings. The van der Waals surface area contributed by atoms with Crippen molar-refractivity contribution in [2.24, 2.45) is 11.7 Å². The fourth-order valence-electron chi connectivity index (χ4n) is 1.84. The first-order valence-electron chi connectivity index (χ1n) is 6.04. The van der Waals surface area contributed by atoms with Gasteiger partial charge in [0, 0.05) is 17.8 Å². The van der Waals surface area contributed by atoms with Crippen LogP contribution >= 0.6 is 0 Å². The maximum Gasteiger partial charge on any atom is 0.131 e. The van der Waals surface area contributed by atoms with Crippen molar-refractivity contribution < 1.29 is 5.11 Å². The molecule has 4 nitrogen and oxygen atoms in total. The number of aromatic nitrogens is 1. The van der Waals surface area contributed by atoms with E-state index in [-0.39, 0.29) is 12.6 Å². The van der Waals surface area contributed by atoms with Crippen LogP contribution in [0.15, 0.2) is 6.07 Å². The summed E-state index contributed by atoms with van der Waals surface area (Å²) in [6, 6.07) is 2.03. The summed E-state index contributed by atoms with van der Waals surface area (Å²) in [5.74, 6) is 1.14. The zero-order valence-electron chi connectivity index (χ0n) is 11.1. The molecule has 0 fully saturated rings. The quantitative estimate of drug-likeness (QED) is 0.727. The van der Waals surface area contributed by atoms with Gasteiger partial charge in [-0.2, -0.15) is 0 Å². The minimum absolute atomic E-state index is 0.00833. The van der Waals surface area contributed by atoms with Crippen molar-refractivity contribution in [3.05, 3.63) is 22.9 Å². The van der Waals surface area contributed by atoms with Crippen LogP contribution in [0, 0.1) is 19.8 Å². The van der Waals surface area contributed by atoms with Gasteiger partial charge < -0.3 is 16.2 Å². The SMILES string of the molecule is Cc1cc(C)c(CN)c(NC(CO)C(C)C)n1.